The van der Waals surface area contributed by atoms with Gasteiger partial charge >= 0.3 is 0 Å². The van der Waals surface area contributed by atoms with Crippen molar-refractivity contribution in [3.8, 4) is 0 Å². The van der Waals surface area contributed by atoms with Crippen LogP contribution < -0.4 is 10.6 Å². The van der Waals surface area contributed by atoms with Crippen molar-refractivity contribution in [1.29, 1.82) is 0 Å². The van der Waals surface area contributed by atoms with Gasteiger partial charge in [-0.2, -0.15) is 0 Å². The number of benzene rings is 1. The van der Waals surface area contributed by atoms with Crippen LogP contribution in [0.2, 0.25) is 0 Å². The van der Waals surface area contributed by atoms with Gasteiger partial charge in [0, 0.05) is 19.8 Å². The highest BCUT2D eigenvalue weighted by molar-refractivity contribution is 6.03. The van der Waals surface area contributed by atoms with Crippen LogP contribution >= 0.6 is 0 Å². The molecule has 6 nitrogen and oxygen atoms in total. The number of anilines is 1. The van der Waals surface area contributed by atoms with Crippen LogP contribution in [0.1, 0.15) is 36.5 Å². The Kier molecular flexibility index (Phi) is 7.03. The van der Waals surface area contributed by atoms with Crippen LogP contribution in [0.4, 0.5) is 5.69 Å². The summed E-state index contributed by atoms with van der Waals surface area (Å²) in [5.41, 5.74) is 0.967. The summed E-state index contributed by atoms with van der Waals surface area (Å²) < 4.78 is 10.7. The number of ether oxygens (including phenoxy) is 2. The molecule has 1 aromatic rings. The van der Waals surface area contributed by atoms with Crippen LogP contribution in [0.15, 0.2) is 24.3 Å². The predicted molar refractivity (Wildman–Crippen MR) is 87.5 cm³/mol. The molecule has 1 aliphatic rings. The second kappa shape index (κ2) is 9.27. The lowest BCUT2D eigenvalue weighted by Gasteiger charge is -2.13. The molecule has 0 bridgehead atoms. The van der Waals surface area contributed by atoms with E-state index in [0.717, 1.165) is 19.4 Å². The molecule has 126 valence electrons. The van der Waals surface area contributed by atoms with E-state index in [9.17, 15) is 9.59 Å². The van der Waals surface area contributed by atoms with Gasteiger partial charge in [-0.3, -0.25) is 9.59 Å². The average molecular weight is 320 g/mol. The molecule has 1 atom stereocenters. The number of para-hydroxylation sites is 1. The van der Waals surface area contributed by atoms with Crippen LogP contribution in [-0.4, -0.2) is 44.3 Å². The molecule has 2 rings (SSSR count). The van der Waals surface area contributed by atoms with E-state index >= 15 is 0 Å². The molecule has 0 radical (unpaired) electrons. The highest BCUT2D eigenvalue weighted by Crippen LogP contribution is 2.16. The molecular formula is C17H24N2O4. The second-order valence-corrected chi connectivity index (χ2v) is 5.39. The largest absolute Gasteiger partial charge is 0.381 e. The fraction of sp³-hybridized carbons (Fsp3) is 0.529. The Hall–Kier alpha value is -1.92. The van der Waals surface area contributed by atoms with Gasteiger partial charge in [-0.15, -0.1) is 0 Å². The van der Waals surface area contributed by atoms with E-state index in [1.54, 1.807) is 24.3 Å². The maximum Gasteiger partial charge on any atom is 0.253 e. The summed E-state index contributed by atoms with van der Waals surface area (Å²) >= 11 is 0. The topological polar surface area (TPSA) is 76.7 Å². The van der Waals surface area contributed by atoms with Gasteiger partial charge in [0.25, 0.3) is 5.91 Å². The van der Waals surface area contributed by atoms with E-state index in [4.69, 9.17) is 9.47 Å². The first-order valence-electron chi connectivity index (χ1n) is 8.07. The van der Waals surface area contributed by atoms with Gasteiger partial charge in [0.1, 0.15) is 0 Å². The Morgan fingerprint density at radius 3 is 2.91 bits per heavy atom. The lowest BCUT2D eigenvalue weighted by Crippen LogP contribution is -2.32. The number of hydrogen-bond donors (Lipinski definition) is 2. The molecule has 0 spiro atoms. The van der Waals surface area contributed by atoms with Gasteiger partial charge in [-0.25, -0.2) is 0 Å². The number of amides is 2. The van der Waals surface area contributed by atoms with Crippen molar-refractivity contribution in [3.05, 3.63) is 29.8 Å². The lowest BCUT2D eigenvalue weighted by molar-refractivity contribution is -0.117. The molecule has 23 heavy (non-hydrogen) atoms. The summed E-state index contributed by atoms with van der Waals surface area (Å²) in [5.74, 6) is -0.376. The zero-order chi connectivity index (χ0) is 16.5. The molecular weight excluding hydrogens is 296 g/mol. The highest BCUT2D eigenvalue weighted by Gasteiger charge is 2.18. The van der Waals surface area contributed by atoms with Gasteiger partial charge < -0.3 is 20.1 Å². The van der Waals surface area contributed by atoms with Crippen molar-refractivity contribution in [2.24, 2.45) is 0 Å². The second-order valence-electron chi connectivity index (χ2n) is 5.39. The maximum absolute atomic E-state index is 12.3. The molecule has 6 heteroatoms. The first-order chi connectivity index (χ1) is 11.2. The summed E-state index contributed by atoms with van der Waals surface area (Å²) in [4.78, 5) is 24.2. The van der Waals surface area contributed by atoms with E-state index in [1.807, 2.05) is 6.92 Å². The predicted octanol–water partition coefficient (Wildman–Crippen LogP) is 1.96. The molecule has 1 aromatic carbocycles. The summed E-state index contributed by atoms with van der Waals surface area (Å²) in [6, 6.07) is 6.98. The third-order valence-corrected chi connectivity index (χ3v) is 3.64. The van der Waals surface area contributed by atoms with E-state index in [2.05, 4.69) is 10.6 Å². The number of nitrogens with one attached hydrogen (secondary N) is 2. The maximum atomic E-state index is 12.3. The van der Waals surface area contributed by atoms with Gasteiger partial charge in [0.05, 0.1) is 30.4 Å². The number of hydrogen-bond acceptors (Lipinski definition) is 4. The average Bonchev–Trinajstić information content (AvgIpc) is 3.07. The minimum Gasteiger partial charge on any atom is -0.381 e. The van der Waals surface area contributed by atoms with Gasteiger partial charge in [-0.1, -0.05) is 12.1 Å². The number of rotatable bonds is 8. The Bertz CT molecular complexity index is 527. The zero-order valence-electron chi connectivity index (χ0n) is 13.5. The lowest BCUT2D eigenvalue weighted by atomic mass is 10.1. The van der Waals surface area contributed by atoms with Gasteiger partial charge in [0.15, 0.2) is 0 Å². The van der Waals surface area contributed by atoms with Crippen LogP contribution in [0.5, 0.6) is 0 Å². The van der Waals surface area contributed by atoms with Crippen LogP contribution in [0, 0.1) is 0 Å². The van der Waals surface area contributed by atoms with E-state index in [0.29, 0.717) is 31.0 Å². The Balaban J connectivity index is 1.90. The SMILES string of the molecule is CCOCCC(=O)Nc1ccccc1C(=O)NC[C@@H]1CCCO1. The molecule has 1 fully saturated rings. The Morgan fingerprint density at radius 1 is 1.35 bits per heavy atom. The van der Waals surface area contributed by atoms with Crippen molar-refractivity contribution in [2.75, 3.05) is 31.7 Å². The molecule has 1 saturated heterocycles. The summed E-state index contributed by atoms with van der Waals surface area (Å²) in [6.07, 6.45) is 2.36. The quantitative estimate of drug-likeness (QED) is 0.718. The molecule has 1 aliphatic heterocycles. The fourth-order valence-electron chi connectivity index (χ4n) is 2.42. The minimum atomic E-state index is -0.207. The molecule has 0 saturated carbocycles. The minimum absolute atomic E-state index is 0.0897. The van der Waals surface area contributed by atoms with E-state index < -0.39 is 0 Å². The monoisotopic (exact) mass is 320 g/mol. The van der Waals surface area contributed by atoms with Crippen molar-refractivity contribution in [3.63, 3.8) is 0 Å². The molecule has 1 heterocycles. The number of carbonyl (C=O) groups is 2. The summed E-state index contributed by atoms with van der Waals surface area (Å²) in [7, 11) is 0. The van der Waals surface area contributed by atoms with Crippen molar-refractivity contribution in [2.45, 2.75) is 32.3 Å². The third-order valence-electron chi connectivity index (χ3n) is 3.64. The third kappa shape index (κ3) is 5.65. The van der Waals surface area contributed by atoms with E-state index in [-0.39, 0.29) is 24.3 Å². The normalized spacial score (nSPS) is 17.0. The number of carbonyl (C=O) groups excluding carboxylic acids is 2. The molecule has 2 N–H and O–H groups in total. The Labute approximate surface area is 136 Å². The first-order valence-corrected chi connectivity index (χ1v) is 8.07. The summed E-state index contributed by atoms with van der Waals surface area (Å²) in [5, 5.41) is 5.63. The van der Waals surface area contributed by atoms with Gasteiger partial charge in [-0.05, 0) is 31.9 Å². The smallest absolute Gasteiger partial charge is 0.253 e. The molecule has 0 aliphatic carbocycles. The van der Waals surface area contributed by atoms with Crippen molar-refractivity contribution in [1.82, 2.24) is 5.32 Å². The molecule has 2 amide bonds. The molecule has 0 aromatic heterocycles. The van der Waals surface area contributed by atoms with Crippen LogP contribution in [0.3, 0.4) is 0 Å². The highest BCUT2D eigenvalue weighted by atomic mass is 16.5. The van der Waals surface area contributed by atoms with Crippen molar-refractivity contribution < 1.29 is 19.1 Å². The zero-order valence-corrected chi connectivity index (χ0v) is 13.5. The van der Waals surface area contributed by atoms with Crippen LogP contribution in [0.25, 0.3) is 0 Å². The van der Waals surface area contributed by atoms with E-state index in [1.165, 1.54) is 0 Å². The first kappa shape index (κ1) is 17.4. The Morgan fingerprint density at radius 2 is 2.17 bits per heavy atom. The standard InChI is InChI=1S/C17H24N2O4/c1-2-22-11-9-16(20)19-15-8-4-3-7-14(15)17(21)18-12-13-6-5-10-23-13/h3-4,7-8,13H,2,5-6,9-12H2,1H3,(H,18,21)(H,19,20)/t13-/m0/s1. The fourth-order valence-corrected chi connectivity index (χ4v) is 2.42. The van der Waals surface area contributed by atoms with Crippen molar-refractivity contribution >= 4 is 17.5 Å². The van der Waals surface area contributed by atoms with Crippen LogP contribution in [-0.2, 0) is 14.3 Å². The molecule has 0 unspecified atom stereocenters. The summed E-state index contributed by atoms with van der Waals surface area (Å²) in [6.45, 7) is 4.08. The van der Waals surface area contributed by atoms with Gasteiger partial charge in [0.2, 0.25) is 5.91 Å².